The molecule has 0 aromatic heterocycles. The number of benzene rings is 3. The molecule has 0 radical (unpaired) electrons. The van der Waals surface area contributed by atoms with Gasteiger partial charge in [0.05, 0.1) is 11.4 Å². The normalized spacial score (nSPS) is 12.4. The summed E-state index contributed by atoms with van der Waals surface area (Å²) in [6.45, 7) is -0.448. The van der Waals surface area contributed by atoms with Gasteiger partial charge in [0.15, 0.2) is 5.78 Å². The highest BCUT2D eigenvalue weighted by molar-refractivity contribution is 7.89. The number of halogens is 1. The molecule has 0 saturated heterocycles. The largest absolute Gasteiger partial charge is 0.325 e. The number of ketones is 1. The molecule has 29 heavy (non-hydrogen) atoms. The first-order valence-electron chi connectivity index (χ1n) is 8.68. The Morgan fingerprint density at radius 3 is 2.24 bits per heavy atom. The summed E-state index contributed by atoms with van der Waals surface area (Å²) in [7, 11) is -3.84. The highest BCUT2D eigenvalue weighted by Gasteiger charge is 2.26. The van der Waals surface area contributed by atoms with Crippen LogP contribution >= 0.6 is 11.6 Å². The van der Waals surface area contributed by atoms with Crippen molar-refractivity contribution in [3.05, 3.63) is 82.9 Å². The van der Waals surface area contributed by atoms with Crippen molar-refractivity contribution in [1.82, 2.24) is 4.72 Å². The standard InChI is InChI=1S/C21H15ClN2O4S/c22-13-5-8-15(9-6-13)29(27,28)23-12-20(25)24-14-7-10-17-16-3-1-2-4-18(16)21(26)19(17)11-14/h1-11,23H,12H2,(H,24,25). The number of carbonyl (C=O) groups is 2. The third-order valence-corrected chi connectivity index (χ3v) is 6.23. The van der Waals surface area contributed by atoms with E-state index in [0.717, 1.165) is 11.1 Å². The molecule has 2 N–H and O–H groups in total. The molecular formula is C21H15ClN2O4S. The Morgan fingerprint density at radius 2 is 1.52 bits per heavy atom. The number of hydrogen-bond donors (Lipinski definition) is 2. The van der Waals surface area contributed by atoms with Crippen molar-refractivity contribution in [3.8, 4) is 11.1 Å². The average molecular weight is 427 g/mol. The van der Waals surface area contributed by atoms with Crippen LogP contribution in [0.1, 0.15) is 15.9 Å². The quantitative estimate of drug-likeness (QED) is 0.511. The second-order valence-electron chi connectivity index (χ2n) is 6.46. The van der Waals surface area contributed by atoms with Crippen LogP contribution < -0.4 is 10.0 Å². The molecule has 0 spiro atoms. The summed E-state index contributed by atoms with van der Waals surface area (Å²) >= 11 is 5.76. The second kappa shape index (κ2) is 7.44. The second-order valence-corrected chi connectivity index (χ2v) is 8.67. The zero-order chi connectivity index (χ0) is 20.6. The van der Waals surface area contributed by atoms with Gasteiger partial charge >= 0.3 is 0 Å². The fourth-order valence-corrected chi connectivity index (χ4v) is 4.28. The molecule has 0 fully saturated rings. The highest BCUT2D eigenvalue weighted by atomic mass is 35.5. The molecule has 0 bridgehead atoms. The monoisotopic (exact) mass is 426 g/mol. The summed E-state index contributed by atoms with van der Waals surface area (Å²) in [5.74, 6) is -0.652. The Bertz CT molecular complexity index is 1240. The smallest absolute Gasteiger partial charge is 0.241 e. The maximum absolute atomic E-state index is 12.6. The molecule has 0 unspecified atom stereocenters. The molecule has 1 aliphatic rings. The number of nitrogens with one attached hydrogen (secondary N) is 2. The van der Waals surface area contributed by atoms with Crippen LogP contribution in [0.2, 0.25) is 5.02 Å². The minimum absolute atomic E-state index is 0.00981. The third kappa shape index (κ3) is 3.80. The van der Waals surface area contributed by atoms with Crippen LogP contribution in [0.15, 0.2) is 71.6 Å². The molecule has 3 aromatic rings. The van der Waals surface area contributed by atoms with Gasteiger partial charge in [0.2, 0.25) is 15.9 Å². The van der Waals surface area contributed by atoms with Crippen LogP contribution in [0.5, 0.6) is 0 Å². The number of amides is 1. The third-order valence-electron chi connectivity index (χ3n) is 4.56. The molecular weight excluding hydrogens is 412 g/mol. The molecule has 8 heteroatoms. The zero-order valence-corrected chi connectivity index (χ0v) is 16.5. The number of rotatable bonds is 5. The summed E-state index contributed by atoms with van der Waals surface area (Å²) in [5.41, 5.74) is 3.22. The molecule has 0 heterocycles. The summed E-state index contributed by atoms with van der Waals surface area (Å²) in [6.07, 6.45) is 0. The van der Waals surface area contributed by atoms with Crippen molar-refractivity contribution < 1.29 is 18.0 Å². The molecule has 1 amide bonds. The fourth-order valence-electron chi connectivity index (χ4n) is 3.17. The lowest BCUT2D eigenvalue weighted by atomic mass is 10.1. The number of hydrogen-bond acceptors (Lipinski definition) is 4. The van der Waals surface area contributed by atoms with E-state index in [1.54, 1.807) is 30.3 Å². The van der Waals surface area contributed by atoms with E-state index in [-0.39, 0.29) is 10.7 Å². The van der Waals surface area contributed by atoms with Crippen LogP contribution in [-0.4, -0.2) is 26.7 Å². The van der Waals surface area contributed by atoms with E-state index in [9.17, 15) is 18.0 Å². The van der Waals surface area contributed by atoms with Crippen molar-refractivity contribution in [2.75, 3.05) is 11.9 Å². The predicted octanol–water partition coefficient (Wildman–Crippen LogP) is 3.47. The Kier molecular flexibility index (Phi) is 4.96. The molecule has 146 valence electrons. The lowest BCUT2D eigenvalue weighted by Crippen LogP contribution is -2.32. The van der Waals surface area contributed by atoms with Crippen LogP contribution in [0.3, 0.4) is 0 Å². The van der Waals surface area contributed by atoms with E-state index in [0.29, 0.717) is 21.8 Å². The lowest BCUT2D eigenvalue weighted by molar-refractivity contribution is -0.115. The number of carbonyl (C=O) groups excluding carboxylic acids is 2. The maximum Gasteiger partial charge on any atom is 0.241 e. The van der Waals surface area contributed by atoms with E-state index in [1.165, 1.54) is 24.3 Å². The Hall–Kier alpha value is -3.00. The van der Waals surface area contributed by atoms with Gasteiger partial charge in [-0.1, -0.05) is 41.9 Å². The van der Waals surface area contributed by atoms with Crippen LogP contribution in [0.25, 0.3) is 11.1 Å². The van der Waals surface area contributed by atoms with Gasteiger partial charge in [0.25, 0.3) is 0 Å². The van der Waals surface area contributed by atoms with Crippen molar-refractivity contribution in [2.24, 2.45) is 0 Å². The lowest BCUT2D eigenvalue weighted by Gasteiger charge is -2.09. The zero-order valence-electron chi connectivity index (χ0n) is 15.0. The van der Waals surface area contributed by atoms with Gasteiger partial charge in [-0.2, -0.15) is 0 Å². The Balaban J connectivity index is 1.45. The molecule has 0 aliphatic heterocycles. The average Bonchev–Trinajstić information content (AvgIpc) is 2.99. The summed E-state index contributed by atoms with van der Waals surface area (Å²) in [5, 5.41) is 3.02. The SMILES string of the molecule is O=C(CNS(=O)(=O)c1ccc(Cl)cc1)Nc1ccc2c(c1)C(=O)c1ccccc1-2. The minimum atomic E-state index is -3.84. The summed E-state index contributed by atoms with van der Waals surface area (Å²) in [4.78, 5) is 24.8. The van der Waals surface area contributed by atoms with Crippen molar-refractivity contribution >= 4 is 39.0 Å². The number of fused-ring (bicyclic) bond motifs is 3. The van der Waals surface area contributed by atoms with Crippen molar-refractivity contribution in [3.63, 3.8) is 0 Å². The Morgan fingerprint density at radius 1 is 0.862 bits per heavy atom. The van der Waals surface area contributed by atoms with Gasteiger partial charge in [-0.3, -0.25) is 9.59 Å². The van der Waals surface area contributed by atoms with Gasteiger partial charge in [-0.25, -0.2) is 13.1 Å². The molecule has 6 nitrogen and oxygen atoms in total. The van der Waals surface area contributed by atoms with E-state index in [2.05, 4.69) is 10.0 Å². The molecule has 1 aliphatic carbocycles. The van der Waals surface area contributed by atoms with Gasteiger partial charge in [-0.15, -0.1) is 0 Å². The predicted molar refractivity (Wildman–Crippen MR) is 111 cm³/mol. The first-order valence-corrected chi connectivity index (χ1v) is 10.5. The molecule has 3 aromatic carbocycles. The molecule has 0 saturated carbocycles. The number of sulfonamides is 1. The Labute approximate surface area is 172 Å². The highest BCUT2D eigenvalue weighted by Crippen LogP contribution is 2.37. The van der Waals surface area contributed by atoms with Crippen LogP contribution in [0, 0.1) is 0 Å². The fraction of sp³-hybridized carbons (Fsp3) is 0.0476. The van der Waals surface area contributed by atoms with Gasteiger partial charge < -0.3 is 5.32 Å². The van der Waals surface area contributed by atoms with Crippen molar-refractivity contribution in [1.29, 1.82) is 0 Å². The van der Waals surface area contributed by atoms with Crippen molar-refractivity contribution in [2.45, 2.75) is 4.90 Å². The van der Waals surface area contributed by atoms with Crippen LogP contribution in [-0.2, 0) is 14.8 Å². The van der Waals surface area contributed by atoms with Gasteiger partial charge in [0, 0.05) is 21.8 Å². The van der Waals surface area contributed by atoms with E-state index in [1.807, 2.05) is 12.1 Å². The van der Waals surface area contributed by atoms with Gasteiger partial charge in [-0.05, 0) is 47.5 Å². The van der Waals surface area contributed by atoms with E-state index in [4.69, 9.17) is 11.6 Å². The topological polar surface area (TPSA) is 92.3 Å². The van der Waals surface area contributed by atoms with Gasteiger partial charge in [0.1, 0.15) is 0 Å². The number of anilines is 1. The first-order chi connectivity index (χ1) is 13.8. The first kappa shape index (κ1) is 19.3. The molecule has 0 atom stereocenters. The summed E-state index contributed by atoms with van der Waals surface area (Å²) in [6, 6.07) is 18.0. The summed E-state index contributed by atoms with van der Waals surface area (Å²) < 4.78 is 26.7. The van der Waals surface area contributed by atoms with Crippen LogP contribution in [0.4, 0.5) is 5.69 Å². The molecule has 4 rings (SSSR count). The van der Waals surface area contributed by atoms with E-state index >= 15 is 0 Å². The minimum Gasteiger partial charge on any atom is -0.325 e. The maximum atomic E-state index is 12.6. The van der Waals surface area contributed by atoms with E-state index < -0.39 is 22.5 Å².